The lowest BCUT2D eigenvalue weighted by Gasteiger charge is -2.15. The molecule has 0 aliphatic rings. The Morgan fingerprint density at radius 2 is 1.32 bits per heavy atom. The first kappa shape index (κ1) is 27.1. The van der Waals surface area contributed by atoms with Gasteiger partial charge in [-0.05, 0) is 6.42 Å². The Labute approximate surface area is 174 Å². The van der Waals surface area contributed by atoms with Gasteiger partial charge < -0.3 is 14.6 Å². The number of carbonyl (C=O) groups is 1. The van der Waals surface area contributed by atoms with Crippen LogP contribution in [0.5, 0.6) is 0 Å². The van der Waals surface area contributed by atoms with E-state index in [1.165, 1.54) is 83.5 Å². The highest BCUT2D eigenvalue weighted by Crippen LogP contribution is 2.14. The van der Waals surface area contributed by atoms with Gasteiger partial charge in [0.05, 0.1) is 19.8 Å². The number of rotatable bonds is 22. The molecule has 0 aromatic rings. The fourth-order valence-electron chi connectivity index (χ4n) is 3.29. The summed E-state index contributed by atoms with van der Waals surface area (Å²) in [5.74, 6) is -0.240. The zero-order valence-corrected chi connectivity index (χ0v) is 18.5. The van der Waals surface area contributed by atoms with E-state index in [1.54, 1.807) is 6.08 Å². The van der Waals surface area contributed by atoms with E-state index < -0.39 is 6.10 Å². The molecule has 0 saturated carbocycles. The summed E-state index contributed by atoms with van der Waals surface area (Å²) in [6.07, 6.45) is 21.1. The van der Waals surface area contributed by atoms with Gasteiger partial charge in [0.25, 0.3) is 0 Å². The number of hydrogen-bond acceptors (Lipinski definition) is 4. The van der Waals surface area contributed by atoms with Gasteiger partial charge in [-0.15, -0.1) is 6.58 Å². The molecule has 0 saturated heterocycles. The van der Waals surface area contributed by atoms with Crippen LogP contribution >= 0.6 is 0 Å². The van der Waals surface area contributed by atoms with Gasteiger partial charge in [0.15, 0.2) is 0 Å². The monoisotopic (exact) mass is 398 g/mol. The van der Waals surface area contributed by atoms with Crippen LogP contribution < -0.4 is 0 Å². The number of aliphatic hydroxyl groups excluding tert-OH is 1. The van der Waals surface area contributed by atoms with E-state index in [0.717, 1.165) is 12.8 Å². The van der Waals surface area contributed by atoms with Crippen LogP contribution in [0.3, 0.4) is 0 Å². The van der Waals surface area contributed by atoms with Crippen molar-refractivity contribution in [3.8, 4) is 0 Å². The van der Waals surface area contributed by atoms with Crippen molar-refractivity contribution in [3.05, 3.63) is 12.7 Å². The standard InChI is InChI=1S/C24H46O4/c1-3-5-6-7-8-9-10-11-12-13-14-15-16-17-18-19-24(26)28-23(21-25)22-27-20-4-2/h4,23,25H,2-3,5-22H2,1H3. The van der Waals surface area contributed by atoms with Crippen LogP contribution in [0.4, 0.5) is 0 Å². The van der Waals surface area contributed by atoms with Gasteiger partial charge in [-0.3, -0.25) is 4.79 Å². The minimum absolute atomic E-state index is 0.207. The smallest absolute Gasteiger partial charge is 0.306 e. The molecule has 0 aliphatic heterocycles. The quantitative estimate of drug-likeness (QED) is 0.131. The van der Waals surface area contributed by atoms with Crippen LogP contribution in [-0.4, -0.2) is 37.0 Å². The van der Waals surface area contributed by atoms with Gasteiger partial charge in [0.2, 0.25) is 0 Å². The molecule has 1 N–H and O–H groups in total. The number of unbranched alkanes of at least 4 members (excludes halogenated alkanes) is 14. The van der Waals surface area contributed by atoms with Crippen LogP contribution in [0.15, 0.2) is 12.7 Å². The first-order valence-corrected chi connectivity index (χ1v) is 11.7. The average molecular weight is 399 g/mol. The maximum atomic E-state index is 11.8. The second-order valence-electron chi connectivity index (χ2n) is 7.82. The molecule has 0 radical (unpaired) electrons. The van der Waals surface area contributed by atoms with Crippen molar-refractivity contribution < 1.29 is 19.4 Å². The number of ether oxygens (including phenoxy) is 2. The molecule has 4 nitrogen and oxygen atoms in total. The summed E-state index contributed by atoms with van der Waals surface area (Å²) in [5.41, 5.74) is 0. The molecule has 166 valence electrons. The largest absolute Gasteiger partial charge is 0.457 e. The van der Waals surface area contributed by atoms with E-state index >= 15 is 0 Å². The van der Waals surface area contributed by atoms with E-state index in [1.807, 2.05) is 0 Å². The molecule has 0 aromatic carbocycles. The molecule has 1 atom stereocenters. The summed E-state index contributed by atoms with van der Waals surface area (Å²) in [5, 5.41) is 9.20. The summed E-state index contributed by atoms with van der Waals surface area (Å²) in [7, 11) is 0. The molecular formula is C24H46O4. The van der Waals surface area contributed by atoms with Crippen molar-refractivity contribution >= 4 is 5.97 Å². The molecule has 0 heterocycles. The van der Waals surface area contributed by atoms with Crippen LogP contribution in [0, 0.1) is 0 Å². The normalized spacial score (nSPS) is 12.1. The number of esters is 1. The summed E-state index contributed by atoms with van der Waals surface area (Å²) in [6, 6.07) is 0. The highest BCUT2D eigenvalue weighted by Gasteiger charge is 2.13. The molecule has 4 heteroatoms. The minimum Gasteiger partial charge on any atom is -0.457 e. The zero-order valence-electron chi connectivity index (χ0n) is 18.5. The lowest BCUT2D eigenvalue weighted by molar-refractivity contribution is -0.154. The van der Waals surface area contributed by atoms with Crippen molar-refractivity contribution in [2.45, 2.75) is 116 Å². The number of hydrogen-bond donors (Lipinski definition) is 1. The van der Waals surface area contributed by atoms with Crippen LogP contribution in [0.2, 0.25) is 0 Å². The third-order valence-corrected chi connectivity index (χ3v) is 5.03. The first-order valence-electron chi connectivity index (χ1n) is 11.7. The van der Waals surface area contributed by atoms with Crippen molar-refractivity contribution in [2.24, 2.45) is 0 Å². The molecule has 0 amide bonds. The van der Waals surface area contributed by atoms with E-state index in [2.05, 4.69) is 13.5 Å². The topological polar surface area (TPSA) is 55.8 Å². The summed E-state index contributed by atoms with van der Waals surface area (Å²) in [6.45, 7) is 6.23. The molecule has 0 spiro atoms. The van der Waals surface area contributed by atoms with Crippen molar-refractivity contribution in [1.82, 2.24) is 0 Å². The molecule has 0 fully saturated rings. The molecule has 1 unspecified atom stereocenters. The third-order valence-electron chi connectivity index (χ3n) is 5.03. The number of carbonyl (C=O) groups excluding carboxylic acids is 1. The van der Waals surface area contributed by atoms with E-state index in [9.17, 15) is 9.90 Å². The Kier molecular flexibility index (Phi) is 21.7. The van der Waals surface area contributed by atoms with Crippen molar-refractivity contribution in [1.29, 1.82) is 0 Å². The predicted molar refractivity (Wildman–Crippen MR) is 118 cm³/mol. The van der Waals surface area contributed by atoms with Crippen molar-refractivity contribution in [3.63, 3.8) is 0 Å². The van der Waals surface area contributed by atoms with Gasteiger partial charge in [0.1, 0.15) is 6.10 Å². The van der Waals surface area contributed by atoms with E-state index in [-0.39, 0.29) is 19.2 Å². The zero-order chi connectivity index (χ0) is 20.7. The summed E-state index contributed by atoms with van der Waals surface area (Å²) < 4.78 is 10.4. The summed E-state index contributed by atoms with van der Waals surface area (Å²) >= 11 is 0. The predicted octanol–water partition coefficient (Wildman–Crippen LogP) is 6.35. The fraction of sp³-hybridized carbons (Fsp3) is 0.875. The SMILES string of the molecule is C=CCOCC(CO)OC(=O)CCCCCCCCCCCCCCCCC. The molecule has 0 bridgehead atoms. The van der Waals surface area contributed by atoms with Crippen LogP contribution in [0.25, 0.3) is 0 Å². The van der Waals surface area contributed by atoms with Gasteiger partial charge in [-0.1, -0.05) is 103 Å². The second-order valence-corrected chi connectivity index (χ2v) is 7.82. The molecule has 0 aromatic heterocycles. The lowest BCUT2D eigenvalue weighted by Crippen LogP contribution is -2.27. The Hall–Kier alpha value is -0.870. The minimum atomic E-state index is -0.566. The van der Waals surface area contributed by atoms with Crippen molar-refractivity contribution in [2.75, 3.05) is 19.8 Å². The van der Waals surface area contributed by atoms with Gasteiger partial charge >= 0.3 is 5.97 Å². The Balaban J connectivity index is 3.31. The second kappa shape index (κ2) is 22.4. The molecule has 0 aliphatic carbocycles. The van der Waals surface area contributed by atoms with Gasteiger partial charge in [0, 0.05) is 6.42 Å². The van der Waals surface area contributed by atoms with Gasteiger partial charge in [-0.2, -0.15) is 0 Å². The third kappa shape index (κ3) is 19.9. The fourth-order valence-corrected chi connectivity index (χ4v) is 3.29. The Bertz CT molecular complexity index is 343. The molecule has 28 heavy (non-hydrogen) atoms. The van der Waals surface area contributed by atoms with E-state index in [0.29, 0.717) is 13.0 Å². The van der Waals surface area contributed by atoms with E-state index in [4.69, 9.17) is 9.47 Å². The summed E-state index contributed by atoms with van der Waals surface area (Å²) in [4.78, 5) is 11.8. The molecular weight excluding hydrogens is 352 g/mol. The maximum Gasteiger partial charge on any atom is 0.306 e. The van der Waals surface area contributed by atoms with Crippen LogP contribution in [0.1, 0.15) is 110 Å². The Morgan fingerprint density at radius 3 is 1.75 bits per heavy atom. The first-order chi connectivity index (χ1) is 13.7. The highest BCUT2D eigenvalue weighted by atomic mass is 16.6. The average Bonchev–Trinajstić information content (AvgIpc) is 2.70. The van der Waals surface area contributed by atoms with Crippen LogP contribution in [-0.2, 0) is 14.3 Å². The molecule has 0 rings (SSSR count). The van der Waals surface area contributed by atoms with Gasteiger partial charge in [-0.25, -0.2) is 0 Å². The lowest BCUT2D eigenvalue weighted by atomic mass is 10.0. The Morgan fingerprint density at radius 1 is 0.857 bits per heavy atom. The highest BCUT2D eigenvalue weighted by molar-refractivity contribution is 5.69. The number of aliphatic hydroxyl groups is 1. The maximum absolute atomic E-state index is 11.8.